The summed E-state index contributed by atoms with van der Waals surface area (Å²) in [4.78, 5) is 1.24. The van der Waals surface area contributed by atoms with Crippen molar-refractivity contribution in [2.24, 2.45) is 5.84 Å². The summed E-state index contributed by atoms with van der Waals surface area (Å²) in [7, 11) is 0. The van der Waals surface area contributed by atoms with Gasteiger partial charge in [-0.15, -0.1) is 11.8 Å². The van der Waals surface area contributed by atoms with Crippen molar-refractivity contribution in [2.75, 3.05) is 5.75 Å². The maximum absolute atomic E-state index is 13.4. The first kappa shape index (κ1) is 16.5. The van der Waals surface area contributed by atoms with Gasteiger partial charge in [0, 0.05) is 9.37 Å². The molecule has 0 fully saturated rings. The summed E-state index contributed by atoms with van der Waals surface area (Å²) in [5, 5.41) is 0. The van der Waals surface area contributed by atoms with Gasteiger partial charge in [0.05, 0.1) is 6.04 Å². The highest BCUT2D eigenvalue weighted by Crippen LogP contribution is 2.26. The highest BCUT2D eigenvalue weighted by Gasteiger charge is 2.13. The molecule has 0 aliphatic rings. The van der Waals surface area contributed by atoms with Crippen LogP contribution in [0.25, 0.3) is 0 Å². The molecule has 5 heteroatoms. The lowest BCUT2D eigenvalue weighted by Gasteiger charge is -2.17. The Kier molecular flexibility index (Phi) is 6.23. The Hall–Kier alpha value is -0.880. The third-order valence-corrected chi connectivity index (χ3v) is 4.89. The largest absolute Gasteiger partial charge is 0.271 e. The molecule has 0 aliphatic heterocycles. The Morgan fingerprint density at radius 2 is 1.95 bits per heavy atom. The van der Waals surface area contributed by atoms with E-state index in [2.05, 4.69) is 52.5 Å². The van der Waals surface area contributed by atoms with Crippen molar-refractivity contribution < 1.29 is 4.39 Å². The molecule has 0 amide bonds. The highest BCUT2D eigenvalue weighted by molar-refractivity contribution is 9.10. The van der Waals surface area contributed by atoms with Crippen LogP contribution in [0.15, 0.2) is 51.8 Å². The second kappa shape index (κ2) is 7.94. The third kappa shape index (κ3) is 4.54. The molecule has 1 unspecified atom stereocenters. The number of hydrazine groups is 1. The molecule has 0 radical (unpaired) electrons. The van der Waals surface area contributed by atoms with E-state index in [1.54, 1.807) is 17.8 Å². The predicted molar refractivity (Wildman–Crippen MR) is 90.7 cm³/mol. The lowest BCUT2D eigenvalue weighted by atomic mass is 9.99. The Morgan fingerprint density at radius 1 is 1.24 bits per heavy atom. The third-order valence-electron chi connectivity index (χ3n) is 3.23. The summed E-state index contributed by atoms with van der Waals surface area (Å²) in [6, 6.07) is 13.0. The number of halogens is 2. The molecule has 21 heavy (non-hydrogen) atoms. The van der Waals surface area contributed by atoms with Crippen LogP contribution >= 0.6 is 27.7 Å². The molecule has 0 spiro atoms. The Morgan fingerprint density at radius 3 is 2.57 bits per heavy atom. The summed E-state index contributed by atoms with van der Waals surface area (Å²) in [5.74, 6) is 6.49. The molecular formula is C16H18BrFN2S. The van der Waals surface area contributed by atoms with Crippen LogP contribution in [-0.4, -0.2) is 5.75 Å². The minimum Gasteiger partial charge on any atom is -0.271 e. The fourth-order valence-electron chi connectivity index (χ4n) is 2.16. The lowest BCUT2D eigenvalue weighted by molar-refractivity contribution is 0.547. The lowest BCUT2D eigenvalue weighted by Crippen LogP contribution is -2.29. The van der Waals surface area contributed by atoms with Gasteiger partial charge in [0.25, 0.3) is 0 Å². The topological polar surface area (TPSA) is 38.0 Å². The maximum atomic E-state index is 13.4. The van der Waals surface area contributed by atoms with Gasteiger partial charge in [-0.05, 0) is 53.6 Å². The highest BCUT2D eigenvalue weighted by atomic mass is 79.9. The van der Waals surface area contributed by atoms with Crippen LogP contribution in [-0.2, 0) is 6.42 Å². The monoisotopic (exact) mass is 368 g/mol. The molecule has 1 atom stereocenters. The molecule has 0 aromatic heterocycles. The first-order chi connectivity index (χ1) is 10.1. The predicted octanol–water partition coefficient (Wildman–Crippen LogP) is 4.45. The average Bonchev–Trinajstić information content (AvgIpc) is 2.49. The van der Waals surface area contributed by atoms with Crippen LogP contribution in [0.1, 0.15) is 24.1 Å². The summed E-state index contributed by atoms with van der Waals surface area (Å²) < 4.78 is 14.3. The minimum absolute atomic E-state index is 0.0521. The molecule has 0 bridgehead atoms. The number of benzene rings is 2. The van der Waals surface area contributed by atoms with Gasteiger partial charge in [0.15, 0.2) is 0 Å². The van der Waals surface area contributed by atoms with Gasteiger partial charge >= 0.3 is 0 Å². The van der Waals surface area contributed by atoms with Gasteiger partial charge in [-0.25, -0.2) is 4.39 Å². The van der Waals surface area contributed by atoms with Crippen molar-refractivity contribution in [3.8, 4) is 0 Å². The second-order valence-corrected chi connectivity index (χ2v) is 6.85. The van der Waals surface area contributed by atoms with E-state index in [4.69, 9.17) is 5.84 Å². The maximum Gasteiger partial charge on any atom is 0.123 e. The van der Waals surface area contributed by atoms with Gasteiger partial charge in [-0.2, -0.15) is 0 Å². The standard InChI is InChI=1S/C16H18BrFN2S/c1-2-21-14-6-3-11(4-7-14)16(20-19)10-12-9-13(18)5-8-15(12)17/h3-9,16,20H,2,10,19H2,1H3. The van der Waals surface area contributed by atoms with Crippen LogP contribution in [0.4, 0.5) is 4.39 Å². The van der Waals surface area contributed by atoms with Crippen molar-refractivity contribution >= 4 is 27.7 Å². The van der Waals surface area contributed by atoms with Gasteiger partial charge in [0.2, 0.25) is 0 Å². The Bertz CT molecular complexity index is 589. The first-order valence-electron chi connectivity index (χ1n) is 6.77. The summed E-state index contributed by atoms with van der Waals surface area (Å²) >= 11 is 5.26. The van der Waals surface area contributed by atoms with E-state index >= 15 is 0 Å². The van der Waals surface area contributed by atoms with Crippen LogP contribution in [0, 0.1) is 5.82 Å². The SMILES string of the molecule is CCSc1ccc(C(Cc2cc(F)ccc2Br)NN)cc1. The van der Waals surface area contributed by atoms with Gasteiger partial charge in [-0.3, -0.25) is 11.3 Å². The van der Waals surface area contributed by atoms with Crippen LogP contribution in [0.5, 0.6) is 0 Å². The van der Waals surface area contributed by atoms with Crippen molar-refractivity contribution in [2.45, 2.75) is 24.3 Å². The van der Waals surface area contributed by atoms with E-state index in [1.807, 2.05) is 0 Å². The van der Waals surface area contributed by atoms with E-state index in [-0.39, 0.29) is 11.9 Å². The summed E-state index contributed by atoms with van der Waals surface area (Å²) in [5.41, 5.74) is 4.80. The molecule has 2 nitrogen and oxygen atoms in total. The molecule has 2 rings (SSSR count). The Labute approximate surface area is 137 Å². The molecule has 0 heterocycles. The van der Waals surface area contributed by atoms with Gasteiger partial charge < -0.3 is 0 Å². The number of thioether (sulfide) groups is 1. The smallest absolute Gasteiger partial charge is 0.123 e. The van der Waals surface area contributed by atoms with Crippen molar-refractivity contribution in [3.63, 3.8) is 0 Å². The normalized spacial score (nSPS) is 12.4. The van der Waals surface area contributed by atoms with E-state index in [9.17, 15) is 4.39 Å². The van der Waals surface area contributed by atoms with Crippen molar-refractivity contribution in [1.29, 1.82) is 0 Å². The second-order valence-electron chi connectivity index (χ2n) is 4.66. The quantitative estimate of drug-likeness (QED) is 0.449. The number of hydrogen-bond acceptors (Lipinski definition) is 3. The van der Waals surface area contributed by atoms with E-state index in [0.29, 0.717) is 6.42 Å². The Balaban J connectivity index is 2.17. The van der Waals surface area contributed by atoms with E-state index in [0.717, 1.165) is 21.4 Å². The van der Waals surface area contributed by atoms with Crippen LogP contribution in [0.2, 0.25) is 0 Å². The zero-order valence-electron chi connectivity index (χ0n) is 11.8. The molecular weight excluding hydrogens is 351 g/mol. The van der Waals surface area contributed by atoms with E-state index < -0.39 is 0 Å². The molecule has 0 saturated heterocycles. The zero-order valence-corrected chi connectivity index (χ0v) is 14.2. The molecule has 112 valence electrons. The van der Waals surface area contributed by atoms with Gasteiger partial charge in [-0.1, -0.05) is 35.0 Å². The molecule has 2 aromatic rings. The average molecular weight is 369 g/mol. The number of nitrogens with two attached hydrogens (primary N) is 1. The fourth-order valence-corrected chi connectivity index (χ4v) is 3.23. The van der Waals surface area contributed by atoms with Crippen molar-refractivity contribution in [1.82, 2.24) is 5.43 Å². The summed E-state index contributed by atoms with van der Waals surface area (Å²) in [6.45, 7) is 2.13. The molecule has 0 saturated carbocycles. The minimum atomic E-state index is -0.237. The molecule has 0 aliphatic carbocycles. The van der Waals surface area contributed by atoms with Gasteiger partial charge in [0.1, 0.15) is 5.82 Å². The van der Waals surface area contributed by atoms with Crippen molar-refractivity contribution in [3.05, 3.63) is 63.9 Å². The number of nitrogens with one attached hydrogen (secondary N) is 1. The van der Waals surface area contributed by atoms with Crippen LogP contribution < -0.4 is 11.3 Å². The fraction of sp³-hybridized carbons (Fsp3) is 0.250. The van der Waals surface area contributed by atoms with Crippen LogP contribution in [0.3, 0.4) is 0 Å². The summed E-state index contributed by atoms with van der Waals surface area (Å²) in [6.07, 6.45) is 0.620. The first-order valence-corrected chi connectivity index (χ1v) is 8.54. The van der Waals surface area contributed by atoms with E-state index in [1.165, 1.54) is 17.0 Å². The molecule has 2 aromatic carbocycles. The molecule has 3 N–H and O–H groups in total. The number of rotatable bonds is 6. The number of hydrogen-bond donors (Lipinski definition) is 2. The zero-order chi connectivity index (χ0) is 15.2.